The minimum atomic E-state index is -3.74. The second kappa shape index (κ2) is 7.96. The molecule has 0 saturated carbocycles. The molecule has 0 saturated heterocycles. The summed E-state index contributed by atoms with van der Waals surface area (Å²) < 4.78 is 34.0. The summed E-state index contributed by atoms with van der Waals surface area (Å²) in [5.74, 6) is 2.35. The maximum atomic E-state index is 11.3. The predicted molar refractivity (Wildman–Crippen MR) is 106 cm³/mol. The van der Waals surface area contributed by atoms with Crippen LogP contribution in [-0.4, -0.2) is 8.42 Å². The van der Waals surface area contributed by atoms with E-state index in [4.69, 9.17) is 19.5 Å². The monoisotopic (exact) mass is 410 g/mol. The molecular weight excluding hydrogens is 392 g/mol. The number of hydrogen-bond acceptors (Lipinski definition) is 6. The second-order valence-corrected chi connectivity index (χ2v) is 7.84. The van der Waals surface area contributed by atoms with Gasteiger partial charge in [0, 0.05) is 6.08 Å². The number of sulfonamides is 1. The second-order valence-electron chi connectivity index (χ2n) is 6.27. The Balaban J connectivity index is 1.40. The van der Waals surface area contributed by atoms with Gasteiger partial charge in [0.25, 0.3) is 0 Å². The number of ether oxygens (including phenoxy) is 2. The van der Waals surface area contributed by atoms with Crippen LogP contribution >= 0.6 is 0 Å². The summed E-state index contributed by atoms with van der Waals surface area (Å²) in [6, 6.07) is 22.9. The zero-order valence-electron chi connectivity index (χ0n) is 15.2. The van der Waals surface area contributed by atoms with E-state index in [2.05, 4.69) is 5.48 Å². The van der Waals surface area contributed by atoms with Gasteiger partial charge in [-0.25, -0.2) is 19.0 Å². The maximum Gasteiger partial charge on any atom is 0.238 e. The first-order valence-corrected chi connectivity index (χ1v) is 10.3. The molecule has 0 unspecified atom stereocenters. The molecule has 4 rings (SSSR count). The van der Waals surface area contributed by atoms with Crippen molar-refractivity contribution in [2.45, 2.75) is 11.0 Å². The average molecular weight is 410 g/mol. The highest BCUT2D eigenvalue weighted by molar-refractivity contribution is 7.89. The van der Waals surface area contributed by atoms with Crippen molar-refractivity contribution < 1.29 is 22.7 Å². The summed E-state index contributed by atoms with van der Waals surface area (Å²) in [6.45, 7) is 0. The third kappa shape index (κ3) is 4.75. The quantitative estimate of drug-likeness (QED) is 0.644. The van der Waals surface area contributed by atoms with Gasteiger partial charge >= 0.3 is 0 Å². The SMILES string of the molecule is NS(=O)(=O)c1ccc(OC2=C[C@H](c3ccc(Oc4ccccc4)cc3)ON2)cc1. The maximum absolute atomic E-state index is 11.3. The molecule has 0 bridgehead atoms. The van der Waals surface area contributed by atoms with Crippen molar-refractivity contribution in [3.63, 3.8) is 0 Å². The predicted octanol–water partition coefficient (Wildman–Crippen LogP) is 3.62. The van der Waals surface area contributed by atoms with Gasteiger partial charge in [-0.2, -0.15) is 0 Å². The van der Waals surface area contributed by atoms with E-state index in [0.29, 0.717) is 11.6 Å². The van der Waals surface area contributed by atoms with E-state index in [9.17, 15) is 8.42 Å². The molecule has 7 nitrogen and oxygen atoms in total. The minimum Gasteiger partial charge on any atom is -0.457 e. The highest BCUT2D eigenvalue weighted by Crippen LogP contribution is 2.28. The largest absolute Gasteiger partial charge is 0.457 e. The standard InChI is InChI=1S/C21H18N2O5S/c22-29(24,25)19-12-10-18(11-13-19)27-21-14-20(28-23-21)15-6-8-17(9-7-15)26-16-4-2-1-3-5-16/h1-14,20,23H,(H2,22,24,25)/t20-/m1/s1. The van der Waals surface area contributed by atoms with Gasteiger partial charge in [-0.05, 0) is 54.1 Å². The molecule has 8 heteroatoms. The molecule has 0 aromatic heterocycles. The van der Waals surface area contributed by atoms with E-state index in [1.54, 1.807) is 6.08 Å². The number of rotatable bonds is 6. The lowest BCUT2D eigenvalue weighted by Crippen LogP contribution is -2.13. The van der Waals surface area contributed by atoms with Crippen molar-refractivity contribution in [1.82, 2.24) is 5.48 Å². The van der Waals surface area contributed by atoms with Gasteiger partial charge in [-0.15, -0.1) is 0 Å². The lowest BCUT2D eigenvalue weighted by molar-refractivity contribution is 0.0273. The highest BCUT2D eigenvalue weighted by atomic mass is 32.2. The molecule has 0 radical (unpaired) electrons. The molecule has 0 aliphatic carbocycles. The van der Waals surface area contributed by atoms with Gasteiger partial charge in [0.15, 0.2) is 0 Å². The molecular formula is C21H18N2O5S. The van der Waals surface area contributed by atoms with Gasteiger partial charge in [-0.3, -0.25) is 4.84 Å². The number of primary sulfonamides is 1. The number of nitrogens with two attached hydrogens (primary N) is 1. The van der Waals surface area contributed by atoms with Gasteiger partial charge in [-0.1, -0.05) is 30.3 Å². The van der Waals surface area contributed by atoms with E-state index in [-0.39, 0.29) is 11.0 Å². The molecule has 0 fully saturated rings. The van der Waals surface area contributed by atoms with E-state index in [1.807, 2.05) is 54.6 Å². The van der Waals surface area contributed by atoms with Crippen molar-refractivity contribution >= 4 is 10.0 Å². The Bertz CT molecular complexity index is 1110. The van der Waals surface area contributed by atoms with Crippen LogP contribution < -0.4 is 20.1 Å². The van der Waals surface area contributed by atoms with Crippen LogP contribution in [0.4, 0.5) is 0 Å². The van der Waals surface area contributed by atoms with Gasteiger partial charge in [0.2, 0.25) is 15.9 Å². The Morgan fingerprint density at radius 3 is 2.03 bits per heavy atom. The lowest BCUT2D eigenvalue weighted by Gasteiger charge is -2.09. The normalized spacial score (nSPS) is 16.0. The van der Waals surface area contributed by atoms with E-state index < -0.39 is 10.0 Å². The number of hydrogen-bond donors (Lipinski definition) is 2. The molecule has 1 aliphatic heterocycles. The molecule has 1 heterocycles. The van der Waals surface area contributed by atoms with Crippen molar-refractivity contribution in [3.8, 4) is 17.2 Å². The Labute approximate surface area is 168 Å². The molecule has 0 spiro atoms. The van der Waals surface area contributed by atoms with Crippen molar-refractivity contribution in [1.29, 1.82) is 0 Å². The number of para-hydroxylation sites is 1. The number of hydroxylamine groups is 1. The molecule has 1 aliphatic rings. The van der Waals surface area contributed by atoms with Crippen LogP contribution in [0.25, 0.3) is 0 Å². The first kappa shape index (κ1) is 19.0. The van der Waals surface area contributed by atoms with Crippen molar-refractivity contribution in [2.75, 3.05) is 0 Å². The first-order valence-electron chi connectivity index (χ1n) is 8.74. The number of benzene rings is 3. The molecule has 1 atom stereocenters. The zero-order valence-corrected chi connectivity index (χ0v) is 16.0. The van der Waals surface area contributed by atoms with Crippen LogP contribution in [0.5, 0.6) is 17.2 Å². The molecule has 148 valence electrons. The van der Waals surface area contributed by atoms with Gasteiger partial charge in [0.1, 0.15) is 23.4 Å². The van der Waals surface area contributed by atoms with Crippen molar-refractivity contribution in [2.24, 2.45) is 5.14 Å². The topological polar surface area (TPSA) is 99.9 Å². The molecule has 0 amide bonds. The summed E-state index contributed by atoms with van der Waals surface area (Å²) in [5, 5.41) is 5.09. The summed E-state index contributed by atoms with van der Waals surface area (Å²) in [7, 11) is -3.74. The minimum absolute atomic E-state index is 0.0187. The molecule has 3 aromatic rings. The summed E-state index contributed by atoms with van der Waals surface area (Å²) in [4.78, 5) is 5.55. The van der Waals surface area contributed by atoms with Crippen LogP contribution in [0.3, 0.4) is 0 Å². The highest BCUT2D eigenvalue weighted by Gasteiger charge is 2.20. The fourth-order valence-electron chi connectivity index (χ4n) is 2.72. The summed E-state index contributed by atoms with van der Waals surface area (Å²) >= 11 is 0. The molecule has 3 aromatic carbocycles. The van der Waals surface area contributed by atoms with E-state index in [0.717, 1.165) is 17.1 Å². The molecule has 3 N–H and O–H groups in total. The average Bonchev–Trinajstić information content (AvgIpc) is 3.17. The van der Waals surface area contributed by atoms with E-state index in [1.165, 1.54) is 24.3 Å². The zero-order chi connectivity index (χ0) is 20.3. The van der Waals surface area contributed by atoms with Gasteiger partial charge in [0.05, 0.1) is 4.90 Å². The van der Waals surface area contributed by atoms with Crippen LogP contribution in [0.1, 0.15) is 11.7 Å². The fraction of sp³-hybridized carbons (Fsp3) is 0.0476. The van der Waals surface area contributed by atoms with Crippen LogP contribution in [0.2, 0.25) is 0 Å². The third-order valence-electron chi connectivity index (χ3n) is 4.16. The Morgan fingerprint density at radius 1 is 0.793 bits per heavy atom. The van der Waals surface area contributed by atoms with Crippen LogP contribution in [-0.2, 0) is 14.9 Å². The molecule has 29 heavy (non-hydrogen) atoms. The lowest BCUT2D eigenvalue weighted by atomic mass is 10.1. The summed E-state index contributed by atoms with van der Waals surface area (Å²) in [5.41, 5.74) is 3.64. The first-order chi connectivity index (χ1) is 14.0. The van der Waals surface area contributed by atoms with Gasteiger partial charge < -0.3 is 9.47 Å². The Morgan fingerprint density at radius 2 is 1.38 bits per heavy atom. The van der Waals surface area contributed by atoms with E-state index >= 15 is 0 Å². The van der Waals surface area contributed by atoms with Crippen LogP contribution in [0.15, 0.2) is 95.7 Å². The van der Waals surface area contributed by atoms with Crippen molar-refractivity contribution in [3.05, 3.63) is 96.4 Å². The smallest absolute Gasteiger partial charge is 0.238 e. The summed E-state index contributed by atoms with van der Waals surface area (Å²) in [6.07, 6.45) is 1.44. The van der Waals surface area contributed by atoms with Crippen LogP contribution in [0, 0.1) is 0 Å². The Kier molecular flexibility index (Phi) is 5.22. The Hall–Kier alpha value is -3.33. The third-order valence-corrected chi connectivity index (χ3v) is 5.09. The number of nitrogens with one attached hydrogen (secondary N) is 1. The fourth-order valence-corrected chi connectivity index (χ4v) is 3.24.